The minimum atomic E-state index is -4.29. The van der Waals surface area contributed by atoms with Crippen molar-refractivity contribution in [2.24, 2.45) is 0 Å². The van der Waals surface area contributed by atoms with Crippen LogP contribution in [0.5, 0.6) is 0 Å². The minimum Gasteiger partial charge on any atom is -0.311 e. The van der Waals surface area contributed by atoms with Crippen LogP contribution in [0.2, 0.25) is 0 Å². The van der Waals surface area contributed by atoms with Crippen LogP contribution in [-0.4, -0.2) is 11.5 Å². The molecular formula is C13H14ClF3N2S. The molecule has 0 amide bonds. The quantitative estimate of drug-likeness (QED) is 0.904. The highest BCUT2D eigenvalue weighted by Gasteiger charge is 2.30. The Morgan fingerprint density at radius 1 is 1.20 bits per heavy atom. The Morgan fingerprint density at radius 2 is 1.85 bits per heavy atom. The molecule has 20 heavy (non-hydrogen) atoms. The van der Waals surface area contributed by atoms with Gasteiger partial charge in [-0.2, -0.15) is 13.2 Å². The van der Waals surface area contributed by atoms with Crippen LogP contribution in [0.25, 0.3) is 11.3 Å². The Bertz CT molecular complexity index is 537. The predicted molar refractivity (Wildman–Crippen MR) is 77.2 cm³/mol. The van der Waals surface area contributed by atoms with Gasteiger partial charge in [-0.3, -0.25) is 0 Å². The van der Waals surface area contributed by atoms with Crippen LogP contribution in [0.15, 0.2) is 29.6 Å². The topological polar surface area (TPSA) is 24.9 Å². The first kappa shape index (κ1) is 16.9. The molecule has 0 bridgehead atoms. The lowest BCUT2D eigenvalue weighted by Crippen LogP contribution is -2.11. The van der Waals surface area contributed by atoms with Crippen molar-refractivity contribution >= 4 is 23.7 Å². The van der Waals surface area contributed by atoms with E-state index in [-0.39, 0.29) is 12.4 Å². The monoisotopic (exact) mass is 322 g/mol. The van der Waals surface area contributed by atoms with E-state index in [0.717, 1.165) is 23.7 Å². The summed E-state index contributed by atoms with van der Waals surface area (Å²) in [6, 6.07) is 5.07. The molecule has 2 rings (SSSR count). The molecule has 0 aliphatic rings. The first-order chi connectivity index (χ1) is 9.00. The molecule has 0 atom stereocenters. The normalized spacial score (nSPS) is 11.2. The summed E-state index contributed by atoms with van der Waals surface area (Å²) in [5, 5.41) is 5.94. The molecule has 0 radical (unpaired) electrons. The van der Waals surface area contributed by atoms with Gasteiger partial charge in [0.05, 0.1) is 11.3 Å². The van der Waals surface area contributed by atoms with Gasteiger partial charge in [-0.15, -0.1) is 23.7 Å². The third-order valence-electron chi connectivity index (χ3n) is 2.59. The minimum absolute atomic E-state index is 0. The van der Waals surface area contributed by atoms with Gasteiger partial charge in [-0.25, -0.2) is 4.98 Å². The first-order valence-electron chi connectivity index (χ1n) is 5.83. The molecule has 1 heterocycles. The van der Waals surface area contributed by atoms with Crippen molar-refractivity contribution in [3.05, 3.63) is 40.2 Å². The number of halogens is 4. The molecule has 2 aromatic rings. The number of alkyl halides is 3. The van der Waals surface area contributed by atoms with E-state index in [1.165, 1.54) is 23.5 Å². The van der Waals surface area contributed by atoms with Crippen LogP contribution in [0, 0.1) is 0 Å². The Labute approximate surface area is 125 Å². The van der Waals surface area contributed by atoms with Gasteiger partial charge in [0, 0.05) is 17.5 Å². The smallest absolute Gasteiger partial charge is 0.311 e. The Morgan fingerprint density at radius 3 is 2.40 bits per heavy atom. The highest BCUT2D eigenvalue weighted by atomic mass is 35.5. The fraction of sp³-hybridized carbons (Fsp3) is 0.308. The molecular weight excluding hydrogens is 309 g/mol. The van der Waals surface area contributed by atoms with E-state index in [4.69, 9.17) is 0 Å². The van der Waals surface area contributed by atoms with Crippen molar-refractivity contribution in [1.82, 2.24) is 10.3 Å². The number of nitrogens with one attached hydrogen (secondary N) is 1. The van der Waals surface area contributed by atoms with Crippen LogP contribution in [0.4, 0.5) is 13.2 Å². The Kier molecular flexibility index (Phi) is 5.98. The second-order valence-electron chi connectivity index (χ2n) is 3.98. The van der Waals surface area contributed by atoms with Gasteiger partial charge >= 0.3 is 6.18 Å². The van der Waals surface area contributed by atoms with Crippen molar-refractivity contribution in [2.45, 2.75) is 19.6 Å². The summed E-state index contributed by atoms with van der Waals surface area (Å²) < 4.78 is 37.3. The Balaban J connectivity index is 0.00000200. The third-order valence-corrected chi connectivity index (χ3v) is 3.43. The van der Waals surface area contributed by atoms with Gasteiger partial charge in [-0.05, 0) is 18.7 Å². The van der Waals surface area contributed by atoms with Crippen molar-refractivity contribution in [1.29, 1.82) is 0 Å². The van der Waals surface area contributed by atoms with Crippen LogP contribution in [0.3, 0.4) is 0 Å². The van der Waals surface area contributed by atoms with Crippen molar-refractivity contribution in [2.75, 3.05) is 6.54 Å². The summed E-state index contributed by atoms with van der Waals surface area (Å²) in [5.41, 5.74) is 0.776. The van der Waals surface area contributed by atoms with Gasteiger partial charge in [-0.1, -0.05) is 19.1 Å². The predicted octanol–water partition coefficient (Wildman–Crippen LogP) is 4.36. The zero-order valence-electron chi connectivity index (χ0n) is 10.7. The highest BCUT2D eigenvalue weighted by Crippen LogP contribution is 2.31. The van der Waals surface area contributed by atoms with E-state index in [1.54, 1.807) is 0 Å². The van der Waals surface area contributed by atoms with E-state index in [0.29, 0.717) is 17.8 Å². The average Bonchev–Trinajstić information content (AvgIpc) is 2.84. The molecule has 0 aliphatic carbocycles. The molecule has 1 aromatic heterocycles. The third kappa shape index (κ3) is 4.19. The SMILES string of the molecule is CCNCc1nc(-c2ccc(C(F)(F)F)cc2)cs1.Cl. The second kappa shape index (κ2) is 7.06. The number of hydrogen-bond acceptors (Lipinski definition) is 3. The number of thiazole rings is 1. The number of aromatic nitrogens is 1. The maximum Gasteiger partial charge on any atom is 0.416 e. The van der Waals surface area contributed by atoms with Crippen LogP contribution in [0.1, 0.15) is 17.5 Å². The zero-order chi connectivity index (χ0) is 13.9. The van der Waals surface area contributed by atoms with Crippen molar-refractivity contribution < 1.29 is 13.2 Å². The Hall–Kier alpha value is -1.11. The van der Waals surface area contributed by atoms with Gasteiger partial charge in [0.1, 0.15) is 5.01 Å². The van der Waals surface area contributed by atoms with Gasteiger partial charge < -0.3 is 5.32 Å². The number of hydrogen-bond donors (Lipinski definition) is 1. The van der Waals surface area contributed by atoms with E-state index < -0.39 is 11.7 Å². The number of nitrogens with zero attached hydrogens (tertiary/aromatic N) is 1. The van der Waals surface area contributed by atoms with Crippen LogP contribution < -0.4 is 5.32 Å². The van der Waals surface area contributed by atoms with E-state index >= 15 is 0 Å². The van der Waals surface area contributed by atoms with Crippen LogP contribution >= 0.6 is 23.7 Å². The highest BCUT2D eigenvalue weighted by molar-refractivity contribution is 7.09. The summed E-state index contributed by atoms with van der Waals surface area (Å²) in [7, 11) is 0. The van der Waals surface area contributed by atoms with E-state index in [9.17, 15) is 13.2 Å². The average molecular weight is 323 g/mol. The van der Waals surface area contributed by atoms with Crippen molar-refractivity contribution in [3.8, 4) is 11.3 Å². The molecule has 7 heteroatoms. The maximum atomic E-state index is 12.4. The largest absolute Gasteiger partial charge is 0.416 e. The molecule has 0 unspecified atom stereocenters. The van der Waals surface area contributed by atoms with Crippen molar-refractivity contribution in [3.63, 3.8) is 0 Å². The lowest BCUT2D eigenvalue weighted by molar-refractivity contribution is -0.137. The van der Waals surface area contributed by atoms with E-state index in [2.05, 4.69) is 10.3 Å². The lowest BCUT2D eigenvalue weighted by atomic mass is 10.1. The molecule has 0 saturated heterocycles. The molecule has 0 spiro atoms. The molecule has 0 fully saturated rings. The van der Waals surface area contributed by atoms with Gasteiger partial charge in [0.15, 0.2) is 0 Å². The summed E-state index contributed by atoms with van der Waals surface area (Å²) in [6.45, 7) is 3.54. The fourth-order valence-corrected chi connectivity index (χ4v) is 2.36. The fourth-order valence-electron chi connectivity index (χ4n) is 1.59. The molecule has 1 aromatic carbocycles. The molecule has 0 aliphatic heterocycles. The summed E-state index contributed by atoms with van der Waals surface area (Å²) in [5.74, 6) is 0. The second-order valence-corrected chi connectivity index (χ2v) is 4.92. The summed E-state index contributed by atoms with van der Waals surface area (Å²) >= 11 is 1.50. The summed E-state index contributed by atoms with van der Waals surface area (Å²) in [6.07, 6.45) is -4.29. The maximum absolute atomic E-state index is 12.4. The number of rotatable bonds is 4. The first-order valence-corrected chi connectivity index (χ1v) is 6.71. The zero-order valence-corrected chi connectivity index (χ0v) is 12.3. The van der Waals surface area contributed by atoms with Crippen LogP contribution in [-0.2, 0) is 12.7 Å². The molecule has 1 N–H and O–H groups in total. The van der Waals surface area contributed by atoms with Gasteiger partial charge in [0.25, 0.3) is 0 Å². The lowest BCUT2D eigenvalue weighted by Gasteiger charge is -2.06. The standard InChI is InChI=1S/C13H13F3N2S.ClH/c1-2-17-7-12-18-11(8-19-12)9-3-5-10(6-4-9)13(14,15)16;/h3-6,8,17H,2,7H2,1H3;1H. The summed E-state index contributed by atoms with van der Waals surface area (Å²) in [4.78, 5) is 4.38. The van der Waals surface area contributed by atoms with E-state index in [1.807, 2.05) is 12.3 Å². The molecule has 2 nitrogen and oxygen atoms in total. The van der Waals surface area contributed by atoms with Gasteiger partial charge in [0.2, 0.25) is 0 Å². The molecule has 110 valence electrons. The number of benzene rings is 1. The molecule has 0 saturated carbocycles.